The van der Waals surface area contributed by atoms with E-state index < -0.39 is 12.1 Å². The summed E-state index contributed by atoms with van der Waals surface area (Å²) < 4.78 is 9.91. The highest BCUT2D eigenvalue weighted by molar-refractivity contribution is 7.20. The predicted octanol–water partition coefficient (Wildman–Crippen LogP) is 2.25. The average Bonchev–Trinajstić information content (AvgIpc) is 3.10. The molecule has 2 aromatic rings. The molecule has 0 saturated carbocycles. The Morgan fingerprint density at radius 3 is 2.58 bits per heavy atom. The third-order valence-electron chi connectivity index (χ3n) is 4.85. The zero-order valence-corrected chi connectivity index (χ0v) is 19.5. The number of fused-ring (bicyclic) bond motifs is 1. The van der Waals surface area contributed by atoms with E-state index in [1.54, 1.807) is 0 Å². The van der Waals surface area contributed by atoms with Gasteiger partial charge < -0.3 is 19.6 Å². The largest absolute Gasteiger partial charge is 0.465 e. The maximum atomic E-state index is 12.7. The normalized spacial score (nSPS) is 12.5. The third kappa shape index (κ3) is 6.34. The van der Waals surface area contributed by atoms with Crippen LogP contribution in [0.2, 0.25) is 0 Å². The number of methoxy groups -OCH3 is 1. The van der Waals surface area contributed by atoms with Crippen LogP contribution in [0.3, 0.4) is 0 Å². The van der Waals surface area contributed by atoms with Crippen molar-refractivity contribution in [3.05, 3.63) is 26.6 Å². The Morgan fingerprint density at radius 2 is 2.00 bits per heavy atom. The summed E-state index contributed by atoms with van der Waals surface area (Å²) in [5.41, 5.74) is 0.332. The Morgan fingerprint density at radius 1 is 1.29 bits per heavy atom. The molecule has 1 unspecified atom stereocenters. The van der Waals surface area contributed by atoms with Crippen molar-refractivity contribution in [2.24, 2.45) is 0 Å². The van der Waals surface area contributed by atoms with Crippen LogP contribution < -0.4 is 5.56 Å². The lowest BCUT2D eigenvalue weighted by molar-refractivity contribution is -0.147. The molecule has 0 fully saturated rings. The van der Waals surface area contributed by atoms with Crippen molar-refractivity contribution in [3.8, 4) is 0 Å². The van der Waals surface area contributed by atoms with Gasteiger partial charge in [-0.1, -0.05) is 13.8 Å². The van der Waals surface area contributed by atoms with Crippen LogP contribution >= 0.6 is 11.3 Å². The van der Waals surface area contributed by atoms with Crippen LogP contribution in [-0.4, -0.2) is 64.3 Å². The Labute approximate surface area is 185 Å². The predicted molar refractivity (Wildman–Crippen MR) is 118 cm³/mol. The highest BCUT2D eigenvalue weighted by Gasteiger charge is 2.23. The minimum Gasteiger partial charge on any atom is -0.465 e. The first-order valence-corrected chi connectivity index (χ1v) is 11.2. The number of rotatable bonds is 11. The summed E-state index contributed by atoms with van der Waals surface area (Å²) in [4.78, 5) is 46.5. The van der Waals surface area contributed by atoms with Crippen LogP contribution in [-0.2, 0) is 27.2 Å². The lowest BCUT2D eigenvalue weighted by Crippen LogP contribution is -2.39. The summed E-state index contributed by atoms with van der Waals surface area (Å²) in [5.74, 6) is -0.382. The quantitative estimate of drug-likeness (QED) is 0.497. The molecule has 0 aliphatic rings. The number of carbonyl (C=O) groups is 2. The van der Waals surface area contributed by atoms with Crippen LogP contribution in [0.25, 0.3) is 10.2 Å². The van der Waals surface area contributed by atoms with Crippen LogP contribution in [0.5, 0.6) is 0 Å². The molecule has 2 rings (SSSR count). The Balaban J connectivity index is 2.22. The number of aliphatic hydroxyl groups excluding tert-OH is 1. The van der Waals surface area contributed by atoms with Crippen LogP contribution in [0.15, 0.2) is 4.79 Å². The van der Waals surface area contributed by atoms with Gasteiger partial charge in [-0.15, -0.1) is 11.3 Å². The highest BCUT2D eigenvalue weighted by Crippen LogP contribution is 2.29. The molecule has 0 spiro atoms. The number of hydrogen-bond acceptors (Lipinski definition) is 9. The topological polar surface area (TPSA) is 122 Å². The van der Waals surface area contributed by atoms with E-state index >= 15 is 0 Å². The first-order valence-electron chi connectivity index (χ1n) is 10.4. The van der Waals surface area contributed by atoms with Gasteiger partial charge in [-0.3, -0.25) is 14.5 Å². The zero-order chi connectivity index (χ0) is 23.1. The summed E-state index contributed by atoms with van der Waals surface area (Å²) in [5, 5.41) is 10.7. The maximum absolute atomic E-state index is 12.7. The summed E-state index contributed by atoms with van der Waals surface area (Å²) in [6.07, 6.45) is 0.655. The summed E-state index contributed by atoms with van der Waals surface area (Å²) in [6, 6.07) is 0.0437. The lowest BCUT2D eigenvalue weighted by atomic mass is 10.1. The van der Waals surface area contributed by atoms with Gasteiger partial charge in [0.05, 0.1) is 19.0 Å². The molecule has 10 heteroatoms. The number of aromatic nitrogens is 2. The van der Waals surface area contributed by atoms with E-state index in [1.807, 2.05) is 32.6 Å². The number of aromatic amines is 1. The maximum Gasteiger partial charge on any atom is 0.348 e. The van der Waals surface area contributed by atoms with Crippen LogP contribution in [0, 0.1) is 0 Å². The van der Waals surface area contributed by atoms with Crippen molar-refractivity contribution in [2.75, 3.05) is 20.3 Å². The highest BCUT2D eigenvalue weighted by atomic mass is 32.1. The van der Waals surface area contributed by atoms with Crippen molar-refractivity contribution in [1.82, 2.24) is 14.9 Å². The minimum absolute atomic E-state index is 0.0437. The molecule has 2 N–H and O–H groups in total. The number of carbonyl (C=O) groups excluding carboxylic acids is 2. The van der Waals surface area contributed by atoms with Crippen molar-refractivity contribution in [2.45, 2.75) is 65.6 Å². The molecule has 0 aromatic carbocycles. The number of H-pyrrole nitrogens is 1. The van der Waals surface area contributed by atoms with Gasteiger partial charge in [-0.2, -0.15) is 0 Å². The van der Waals surface area contributed by atoms with E-state index in [0.29, 0.717) is 45.7 Å². The summed E-state index contributed by atoms with van der Waals surface area (Å²) in [6.45, 7) is 8.12. The lowest BCUT2D eigenvalue weighted by Gasteiger charge is -2.28. The molecule has 0 bridgehead atoms. The summed E-state index contributed by atoms with van der Waals surface area (Å²) in [7, 11) is 1.31. The Bertz CT molecular complexity index is 968. The molecule has 172 valence electrons. The fourth-order valence-electron chi connectivity index (χ4n) is 3.22. The summed E-state index contributed by atoms with van der Waals surface area (Å²) >= 11 is 1.14. The minimum atomic E-state index is -0.863. The fourth-order valence-corrected chi connectivity index (χ4v) is 4.42. The third-order valence-corrected chi connectivity index (χ3v) is 5.96. The number of esters is 2. The van der Waals surface area contributed by atoms with Gasteiger partial charge in [0.25, 0.3) is 5.56 Å². The molecular formula is C21H31N3O6S. The van der Waals surface area contributed by atoms with Crippen LogP contribution in [0.4, 0.5) is 0 Å². The molecule has 31 heavy (non-hydrogen) atoms. The molecular weight excluding hydrogens is 422 g/mol. The van der Waals surface area contributed by atoms with Gasteiger partial charge in [0.1, 0.15) is 28.2 Å². The molecule has 0 saturated heterocycles. The van der Waals surface area contributed by atoms with E-state index in [-0.39, 0.29) is 37.3 Å². The number of hydrogen-bond donors (Lipinski definition) is 2. The molecule has 9 nitrogen and oxygen atoms in total. The molecule has 0 amide bonds. The average molecular weight is 454 g/mol. The van der Waals surface area contributed by atoms with E-state index in [9.17, 15) is 19.5 Å². The number of nitrogens with zero attached hydrogens (tertiary/aromatic N) is 2. The van der Waals surface area contributed by atoms with E-state index in [0.717, 1.165) is 11.3 Å². The first-order chi connectivity index (χ1) is 14.7. The number of thiophene rings is 1. The second-order valence-electron chi connectivity index (χ2n) is 7.56. The first kappa shape index (κ1) is 25.0. The van der Waals surface area contributed by atoms with Gasteiger partial charge in [0.15, 0.2) is 0 Å². The number of aryl methyl sites for hydroxylation is 1. The van der Waals surface area contributed by atoms with E-state index in [1.165, 1.54) is 7.11 Å². The zero-order valence-electron chi connectivity index (χ0n) is 18.7. The van der Waals surface area contributed by atoms with Gasteiger partial charge in [-0.25, -0.2) is 9.78 Å². The Kier molecular flexibility index (Phi) is 9.15. The SMILES string of the molecule is CCCC(=O)OCC(O)CN(Cc1nc2sc(C(=O)OC)c(CC)c2c(=O)[nH]1)C(C)C. The Hall–Kier alpha value is -2.30. The number of nitrogens with one attached hydrogen (secondary N) is 1. The molecule has 2 heterocycles. The van der Waals surface area contributed by atoms with Gasteiger partial charge >= 0.3 is 11.9 Å². The van der Waals surface area contributed by atoms with E-state index in [4.69, 9.17) is 9.47 Å². The smallest absolute Gasteiger partial charge is 0.348 e. The molecule has 2 aromatic heterocycles. The second kappa shape index (κ2) is 11.4. The molecule has 0 aliphatic carbocycles. The number of aliphatic hydroxyl groups is 1. The molecule has 1 atom stereocenters. The molecule has 0 radical (unpaired) electrons. The van der Waals surface area contributed by atoms with Crippen molar-refractivity contribution < 1.29 is 24.2 Å². The number of ether oxygens (including phenoxy) is 2. The fraction of sp³-hybridized carbons (Fsp3) is 0.619. The van der Waals surface area contributed by atoms with Gasteiger partial charge in [0, 0.05) is 19.0 Å². The van der Waals surface area contributed by atoms with E-state index in [2.05, 4.69) is 9.97 Å². The second-order valence-corrected chi connectivity index (χ2v) is 8.56. The molecule has 0 aliphatic heterocycles. The van der Waals surface area contributed by atoms with Crippen LogP contribution in [0.1, 0.15) is 61.6 Å². The van der Waals surface area contributed by atoms with Gasteiger partial charge in [-0.05, 0) is 32.3 Å². The standard InChI is InChI=1S/C21H31N3O6S/c1-6-8-16(26)30-11-13(25)9-24(12(3)4)10-15-22-19(27)17-14(7-2)18(21(28)29-5)31-20(17)23-15/h12-13,25H,6-11H2,1-5H3,(H,22,23,27). The van der Waals surface area contributed by atoms with Crippen molar-refractivity contribution in [3.63, 3.8) is 0 Å². The van der Waals surface area contributed by atoms with Crippen molar-refractivity contribution >= 4 is 33.5 Å². The monoisotopic (exact) mass is 453 g/mol. The van der Waals surface area contributed by atoms with Gasteiger partial charge in [0.2, 0.25) is 0 Å². The van der Waals surface area contributed by atoms with Crippen molar-refractivity contribution in [1.29, 1.82) is 0 Å².